The van der Waals surface area contributed by atoms with Crippen LogP contribution >= 0.6 is 11.3 Å². The van der Waals surface area contributed by atoms with Crippen LogP contribution in [0.2, 0.25) is 0 Å². The van der Waals surface area contributed by atoms with E-state index < -0.39 is 5.41 Å². The van der Waals surface area contributed by atoms with E-state index >= 15 is 0 Å². The lowest BCUT2D eigenvalue weighted by atomic mass is 9.95. The van der Waals surface area contributed by atoms with Gasteiger partial charge in [0.15, 0.2) is 5.01 Å². The third-order valence-corrected chi connectivity index (χ3v) is 6.42. The van der Waals surface area contributed by atoms with Crippen LogP contribution in [-0.4, -0.2) is 46.2 Å². The summed E-state index contributed by atoms with van der Waals surface area (Å²) in [4.78, 5) is 18.6. The quantitative estimate of drug-likeness (QED) is 0.771. The van der Waals surface area contributed by atoms with Gasteiger partial charge in [-0.25, -0.2) is 0 Å². The van der Waals surface area contributed by atoms with Gasteiger partial charge in [-0.3, -0.25) is 19.0 Å². The highest BCUT2D eigenvalue weighted by Crippen LogP contribution is 2.30. The predicted molar refractivity (Wildman–Crippen MR) is 106 cm³/mol. The number of rotatable bonds is 6. The van der Waals surface area contributed by atoms with Gasteiger partial charge in [0.05, 0.1) is 11.5 Å². The molecule has 1 unspecified atom stereocenters. The van der Waals surface area contributed by atoms with E-state index in [4.69, 9.17) is 0 Å². The van der Waals surface area contributed by atoms with Gasteiger partial charge in [-0.15, -0.1) is 20.9 Å². The van der Waals surface area contributed by atoms with Gasteiger partial charge >= 0.3 is 0 Å². The van der Waals surface area contributed by atoms with Crippen LogP contribution in [0, 0.1) is 5.41 Å². The maximum Gasteiger partial charge on any atom is 0.235 e. The Hall–Kier alpha value is -1.67. The molecule has 0 saturated heterocycles. The van der Waals surface area contributed by atoms with Crippen LogP contribution in [0.1, 0.15) is 27.7 Å². The Balaban J connectivity index is 2.15. The summed E-state index contributed by atoms with van der Waals surface area (Å²) in [5, 5.41) is 9.72. The van der Waals surface area contributed by atoms with E-state index in [1.165, 1.54) is 11.3 Å². The molecule has 0 bridgehead atoms. The zero-order valence-corrected chi connectivity index (χ0v) is 17.2. The molecule has 6 nitrogen and oxygen atoms in total. The standard InChI is InChI=1S/C17H25N5OS2/c1-12(2)21-25(6)11-17(3,4)15(23)22(5)16-20-19-14(24-16)13-8-7-9-18-10-13/h7-10,12H,11H2,1-6H3. The van der Waals surface area contributed by atoms with E-state index in [2.05, 4.69) is 39.6 Å². The Morgan fingerprint density at radius 2 is 2.12 bits per heavy atom. The van der Waals surface area contributed by atoms with Crippen molar-refractivity contribution in [3.05, 3.63) is 24.5 Å². The van der Waals surface area contributed by atoms with Crippen molar-refractivity contribution in [1.29, 1.82) is 0 Å². The minimum absolute atomic E-state index is 0.0275. The minimum Gasteiger partial charge on any atom is -0.289 e. The molecule has 0 saturated carbocycles. The molecule has 8 heteroatoms. The average molecular weight is 380 g/mol. The van der Waals surface area contributed by atoms with E-state index in [1.807, 2.05) is 26.0 Å². The van der Waals surface area contributed by atoms with Crippen LogP contribution in [-0.2, 0) is 15.5 Å². The number of pyridine rings is 1. The van der Waals surface area contributed by atoms with Crippen LogP contribution < -0.4 is 4.90 Å². The minimum atomic E-state index is -0.509. The molecule has 0 spiro atoms. The molecule has 1 amide bonds. The fourth-order valence-electron chi connectivity index (χ4n) is 2.48. The van der Waals surface area contributed by atoms with E-state index in [0.717, 1.165) is 16.3 Å². The van der Waals surface area contributed by atoms with Gasteiger partial charge in [-0.1, -0.05) is 25.2 Å². The van der Waals surface area contributed by atoms with E-state index in [-0.39, 0.29) is 22.6 Å². The Labute approximate surface area is 155 Å². The van der Waals surface area contributed by atoms with Crippen molar-refractivity contribution in [1.82, 2.24) is 15.2 Å². The van der Waals surface area contributed by atoms with Crippen molar-refractivity contribution in [3.8, 4) is 10.6 Å². The van der Waals surface area contributed by atoms with Gasteiger partial charge in [0, 0.05) is 30.8 Å². The fourth-order valence-corrected chi connectivity index (χ4v) is 5.24. The first-order chi connectivity index (χ1) is 11.7. The molecule has 0 aliphatic heterocycles. The van der Waals surface area contributed by atoms with Crippen molar-refractivity contribution >= 4 is 33.1 Å². The van der Waals surface area contributed by atoms with E-state index in [0.29, 0.717) is 5.13 Å². The molecule has 0 aromatic carbocycles. The number of amides is 1. The zero-order valence-electron chi connectivity index (χ0n) is 15.6. The molecule has 2 aromatic rings. The van der Waals surface area contributed by atoms with E-state index in [1.54, 1.807) is 24.3 Å². The first-order valence-electron chi connectivity index (χ1n) is 8.06. The number of aromatic nitrogens is 3. The fraction of sp³-hybridized carbons (Fsp3) is 0.529. The van der Waals surface area contributed by atoms with Gasteiger partial charge in [-0.2, -0.15) is 0 Å². The Bertz CT molecular complexity index is 755. The number of nitrogens with zero attached hydrogens (tertiary/aromatic N) is 5. The van der Waals surface area contributed by atoms with Crippen LogP contribution in [0.15, 0.2) is 28.9 Å². The summed E-state index contributed by atoms with van der Waals surface area (Å²) in [6, 6.07) is 4.07. The molecule has 2 heterocycles. The lowest BCUT2D eigenvalue weighted by Gasteiger charge is -2.28. The molecule has 0 aliphatic rings. The average Bonchev–Trinajstić information content (AvgIpc) is 3.02. The first kappa shape index (κ1) is 19.7. The summed E-state index contributed by atoms with van der Waals surface area (Å²) in [6.07, 6.45) is 5.54. The summed E-state index contributed by atoms with van der Waals surface area (Å²) in [7, 11) is 1.60. The van der Waals surface area contributed by atoms with Gasteiger partial charge in [0.25, 0.3) is 0 Å². The van der Waals surface area contributed by atoms with Crippen molar-refractivity contribution in [2.45, 2.75) is 33.7 Å². The van der Waals surface area contributed by atoms with Crippen molar-refractivity contribution in [3.63, 3.8) is 0 Å². The summed E-state index contributed by atoms with van der Waals surface area (Å²) in [5.41, 5.74) is 0.391. The number of anilines is 1. The molecular formula is C17H25N5OS2. The summed E-state index contributed by atoms with van der Waals surface area (Å²) in [6.45, 7) is 8.06. The van der Waals surface area contributed by atoms with Gasteiger partial charge in [0.2, 0.25) is 11.0 Å². The smallest absolute Gasteiger partial charge is 0.235 e. The Morgan fingerprint density at radius 3 is 2.72 bits per heavy atom. The second-order valence-electron chi connectivity index (χ2n) is 6.82. The first-order valence-corrected chi connectivity index (χ1v) is 10.6. The van der Waals surface area contributed by atoms with Crippen LogP contribution in [0.5, 0.6) is 0 Å². The third kappa shape index (κ3) is 5.15. The Morgan fingerprint density at radius 1 is 1.40 bits per heavy atom. The number of carbonyl (C=O) groups excluding carboxylic acids is 1. The van der Waals surface area contributed by atoms with E-state index in [9.17, 15) is 4.79 Å². The molecular weight excluding hydrogens is 354 g/mol. The number of carbonyl (C=O) groups is 1. The second-order valence-corrected chi connectivity index (χ2v) is 9.48. The predicted octanol–water partition coefficient (Wildman–Crippen LogP) is 3.43. The molecule has 0 aliphatic carbocycles. The summed E-state index contributed by atoms with van der Waals surface area (Å²) >= 11 is 1.39. The van der Waals surface area contributed by atoms with Gasteiger partial charge < -0.3 is 0 Å². The van der Waals surface area contributed by atoms with Crippen LogP contribution in [0.25, 0.3) is 10.6 Å². The normalized spacial score (nSPS) is 13.2. The third-order valence-electron chi connectivity index (χ3n) is 3.45. The van der Waals surface area contributed by atoms with Crippen molar-refractivity contribution < 1.29 is 4.79 Å². The highest BCUT2D eigenvalue weighted by atomic mass is 32.2. The molecule has 0 fully saturated rings. The zero-order chi connectivity index (χ0) is 18.6. The summed E-state index contributed by atoms with van der Waals surface area (Å²) in [5.74, 6) is 0.752. The number of hydrogen-bond acceptors (Lipinski definition) is 6. The van der Waals surface area contributed by atoms with Crippen LogP contribution in [0.4, 0.5) is 5.13 Å². The Kier molecular flexibility index (Phi) is 6.40. The molecule has 2 rings (SSSR count). The van der Waals surface area contributed by atoms with Crippen LogP contribution in [0.3, 0.4) is 0 Å². The molecule has 0 radical (unpaired) electrons. The van der Waals surface area contributed by atoms with Gasteiger partial charge in [-0.05, 0) is 32.2 Å². The highest BCUT2D eigenvalue weighted by Gasteiger charge is 2.33. The second kappa shape index (κ2) is 8.14. The molecule has 25 heavy (non-hydrogen) atoms. The largest absolute Gasteiger partial charge is 0.289 e. The van der Waals surface area contributed by atoms with Gasteiger partial charge in [0.1, 0.15) is 0 Å². The lowest BCUT2D eigenvalue weighted by molar-refractivity contribution is -0.125. The lowest BCUT2D eigenvalue weighted by Crippen LogP contribution is -2.41. The molecule has 136 valence electrons. The highest BCUT2D eigenvalue weighted by molar-refractivity contribution is 7.86. The monoisotopic (exact) mass is 379 g/mol. The van der Waals surface area contributed by atoms with Crippen molar-refractivity contribution in [2.75, 3.05) is 24.0 Å². The molecule has 0 N–H and O–H groups in total. The molecule has 2 aromatic heterocycles. The van der Waals surface area contributed by atoms with Crippen molar-refractivity contribution in [2.24, 2.45) is 9.78 Å². The maximum atomic E-state index is 12.9. The number of hydrogen-bond donors (Lipinski definition) is 0. The SMILES string of the molecule is CC(C)N=S(C)CC(C)(C)C(=O)N(C)c1nnc(-c2cccnc2)s1. The summed E-state index contributed by atoms with van der Waals surface area (Å²) < 4.78 is 4.65. The molecule has 1 atom stereocenters. The topological polar surface area (TPSA) is 71.3 Å². The maximum absolute atomic E-state index is 12.9.